The van der Waals surface area contributed by atoms with Crippen LogP contribution in [0.15, 0.2) is 41.8 Å². The van der Waals surface area contributed by atoms with Gasteiger partial charge in [0.15, 0.2) is 11.5 Å². The van der Waals surface area contributed by atoms with Gasteiger partial charge in [-0.25, -0.2) is 0 Å². The van der Waals surface area contributed by atoms with Crippen LogP contribution >= 0.6 is 11.3 Å². The number of ether oxygens (including phenoxy) is 2. The highest BCUT2D eigenvalue weighted by molar-refractivity contribution is 7.17. The quantitative estimate of drug-likeness (QED) is 0.707. The van der Waals surface area contributed by atoms with Crippen LogP contribution in [0.3, 0.4) is 0 Å². The van der Waals surface area contributed by atoms with Crippen molar-refractivity contribution in [1.82, 2.24) is 4.90 Å². The van der Waals surface area contributed by atoms with Crippen LogP contribution in [-0.4, -0.2) is 41.8 Å². The van der Waals surface area contributed by atoms with Crippen molar-refractivity contribution >= 4 is 27.3 Å². The second-order valence-electron chi connectivity index (χ2n) is 7.24. The number of phenolic OH excluding ortho intramolecular Hbond substituents is 1. The lowest BCUT2D eigenvalue weighted by molar-refractivity contribution is -0.141. The maximum atomic E-state index is 12.8. The molecule has 28 heavy (non-hydrogen) atoms. The molecule has 5 nitrogen and oxygen atoms in total. The van der Waals surface area contributed by atoms with Gasteiger partial charge in [0, 0.05) is 34.4 Å². The molecule has 0 spiro atoms. The monoisotopic (exact) mass is 395 g/mol. The van der Waals surface area contributed by atoms with E-state index in [1.54, 1.807) is 22.3 Å². The number of aromatic hydroxyl groups is 1. The predicted octanol–water partition coefficient (Wildman–Crippen LogP) is 4.17. The summed E-state index contributed by atoms with van der Waals surface area (Å²) in [5.74, 6) is 0.611. The van der Waals surface area contributed by atoms with E-state index in [-0.39, 0.29) is 17.8 Å². The van der Waals surface area contributed by atoms with Crippen molar-refractivity contribution in [3.05, 3.63) is 47.3 Å². The molecule has 2 aliphatic heterocycles. The third-order valence-electron chi connectivity index (χ3n) is 5.42. The molecular formula is C22H21NO4S. The van der Waals surface area contributed by atoms with E-state index in [0.29, 0.717) is 32.1 Å². The number of nitrogens with zero attached hydrogens (tertiary/aromatic N) is 1. The summed E-state index contributed by atoms with van der Waals surface area (Å²) in [7, 11) is 0. The Bertz CT molecular complexity index is 1040. The van der Waals surface area contributed by atoms with Gasteiger partial charge in [0.05, 0.1) is 6.54 Å². The zero-order chi connectivity index (χ0) is 19.1. The van der Waals surface area contributed by atoms with E-state index >= 15 is 0 Å². The normalized spacial score (nSPS) is 19.3. The van der Waals surface area contributed by atoms with Crippen LogP contribution < -0.4 is 4.74 Å². The zero-order valence-electron chi connectivity index (χ0n) is 15.4. The van der Waals surface area contributed by atoms with Crippen molar-refractivity contribution in [2.75, 3.05) is 19.8 Å². The van der Waals surface area contributed by atoms with Gasteiger partial charge < -0.3 is 19.5 Å². The third kappa shape index (κ3) is 3.02. The second kappa shape index (κ2) is 7.11. The lowest BCUT2D eigenvalue weighted by Gasteiger charge is -2.23. The van der Waals surface area contributed by atoms with Gasteiger partial charge in [-0.05, 0) is 42.0 Å². The van der Waals surface area contributed by atoms with E-state index in [1.165, 1.54) is 4.70 Å². The van der Waals surface area contributed by atoms with Gasteiger partial charge >= 0.3 is 0 Å². The average molecular weight is 395 g/mol. The number of thiophene rings is 1. The molecule has 3 aromatic rings. The molecule has 0 aliphatic carbocycles. The summed E-state index contributed by atoms with van der Waals surface area (Å²) in [5, 5.41) is 13.9. The lowest BCUT2D eigenvalue weighted by atomic mass is 10.0. The van der Waals surface area contributed by atoms with Gasteiger partial charge in [0.25, 0.3) is 5.91 Å². The Morgan fingerprint density at radius 1 is 1.21 bits per heavy atom. The SMILES string of the molecule is O=C([C@H]1CCCO1)N1CCOc2c(O)cc(-c3csc4ccccc34)cc2C1. The maximum Gasteiger partial charge on any atom is 0.252 e. The summed E-state index contributed by atoms with van der Waals surface area (Å²) in [6.45, 7) is 1.91. The molecule has 2 aliphatic rings. The average Bonchev–Trinajstić information content (AvgIpc) is 3.33. The van der Waals surface area contributed by atoms with Gasteiger partial charge in [-0.3, -0.25) is 4.79 Å². The largest absolute Gasteiger partial charge is 0.504 e. The first-order valence-corrected chi connectivity index (χ1v) is 10.4. The minimum atomic E-state index is -0.348. The molecule has 1 amide bonds. The van der Waals surface area contributed by atoms with Crippen LogP contribution in [0.2, 0.25) is 0 Å². The highest BCUT2D eigenvalue weighted by Crippen LogP contribution is 2.41. The Labute approximate surface area is 167 Å². The number of carbonyl (C=O) groups excluding carboxylic acids is 1. The van der Waals surface area contributed by atoms with Crippen LogP contribution in [0, 0.1) is 0 Å². The third-order valence-corrected chi connectivity index (χ3v) is 6.39. The Kier molecular flexibility index (Phi) is 4.45. The number of benzene rings is 2. The van der Waals surface area contributed by atoms with Crippen molar-refractivity contribution in [3.63, 3.8) is 0 Å². The summed E-state index contributed by atoms with van der Waals surface area (Å²) in [4.78, 5) is 14.6. The number of amides is 1. The molecule has 0 unspecified atom stereocenters. The Morgan fingerprint density at radius 3 is 2.96 bits per heavy atom. The van der Waals surface area contributed by atoms with Crippen LogP contribution in [0.25, 0.3) is 21.2 Å². The number of hydrogen-bond acceptors (Lipinski definition) is 5. The fourth-order valence-corrected chi connectivity index (χ4v) is 4.99. The predicted molar refractivity (Wildman–Crippen MR) is 109 cm³/mol. The molecule has 1 fully saturated rings. The van der Waals surface area contributed by atoms with E-state index < -0.39 is 0 Å². The smallest absolute Gasteiger partial charge is 0.252 e. The molecule has 1 saturated heterocycles. The number of rotatable bonds is 2. The molecule has 5 rings (SSSR count). The first-order valence-electron chi connectivity index (χ1n) is 9.56. The standard InChI is InChI=1S/C22H21NO4S/c24-18-11-14(17-13-28-20-6-2-1-4-16(17)20)10-15-12-23(7-9-27-21(15)18)22(25)19-5-3-8-26-19/h1-2,4,6,10-11,13,19,24H,3,5,7-9,12H2/t19-/m1/s1. The molecule has 0 saturated carbocycles. The Hall–Kier alpha value is -2.57. The van der Waals surface area contributed by atoms with E-state index in [9.17, 15) is 9.90 Å². The highest BCUT2D eigenvalue weighted by Gasteiger charge is 2.30. The van der Waals surface area contributed by atoms with Crippen molar-refractivity contribution in [3.8, 4) is 22.6 Å². The zero-order valence-corrected chi connectivity index (χ0v) is 16.2. The van der Waals surface area contributed by atoms with E-state index in [2.05, 4.69) is 17.5 Å². The summed E-state index contributed by atoms with van der Waals surface area (Å²) < 4.78 is 12.6. The molecule has 3 heterocycles. The summed E-state index contributed by atoms with van der Waals surface area (Å²) in [5.41, 5.74) is 2.85. The molecule has 2 aromatic carbocycles. The summed E-state index contributed by atoms with van der Waals surface area (Å²) >= 11 is 1.68. The van der Waals surface area contributed by atoms with E-state index in [4.69, 9.17) is 9.47 Å². The van der Waals surface area contributed by atoms with E-state index in [0.717, 1.165) is 34.9 Å². The summed E-state index contributed by atoms with van der Waals surface area (Å²) in [6, 6.07) is 12.0. The first-order chi connectivity index (χ1) is 13.7. The van der Waals surface area contributed by atoms with Crippen LogP contribution in [-0.2, 0) is 16.1 Å². The van der Waals surface area contributed by atoms with Crippen LogP contribution in [0.4, 0.5) is 0 Å². The van der Waals surface area contributed by atoms with E-state index in [1.807, 2.05) is 18.2 Å². The maximum absolute atomic E-state index is 12.8. The number of fused-ring (bicyclic) bond motifs is 2. The van der Waals surface area contributed by atoms with Crippen molar-refractivity contribution in [2.24, 2.45) is 0 Å². The Morgan fingerprint density at radius 2 is 2.11 bits per heavy atom. The number of carbonyl (C=O) groups is 1. The minimum absolute atomic E-state index is 0.0137. The van der Waals surface area contributed by atoms with Gasteiger partial charge in [-0.1, -0.05) is 18.2 Å². The van der Waals surface area contributed by atoms with Crippen molar-refractivity contribution < 1.29 is 19.4 Å². The fraction of sp³-hybridized carbons (Fsp3) is 0.318. The highest BCUT2D eigenvalue weighted by atomic mass is 32.1. The van der Waals surface area contributed by atoms with Gasteiger partial charge in [0.2, 0.25) is 0 Å². The molecule has 0 bridgehead atoms. The fourth-order valence-electron chi connectivity index (χ4n) is 4.02. The van der Waals surface area contributed by atoms with Gasteiger partial charge in [-0.15, -0.1) is 11.3 Å². The van der Waals surface area contributed by atoms with Gasteiger partial charge in [-0.2, -0.15) is 0 Å². The molecule has 0 radical (unpaired) electrons. The second-order valence-corrected chi connectivity index (χ2v) is 8.15. The number of phenols is 1. The number of hydrogen-bond donors (Lipinski definition) is 1. The molecule has 1 aromatic heterocycles. The molecule has 6 heteroatoms. The Balaban J connectivity index is 1.52. The van der Waals surface area contributed by atoms with Crippen molar-refractivity contribution in [1.29, 1.82) is 0 Å². The van der Waals surface area contributed by atoms with Crippen LogP contribution in [0.1, 0.15) is 18.4 Å². The van der Waals surface area contributed by atoms with Crippen molar-refractivity contribution in [2.45, 2.75) is 25.5 Å². The summed E-state index contributed by atoms with van der Waals surface area (Å²) in [6.07, 6.45) is 1.35. The van der Waals surface area contributed by atoms with Gasteiger partial charge in [0.1, 0.15) is 12.7 Å². The molecular weight excluding hydrogens is 374 g/mol. The molecule has 1 N–H and O–H groups in total. The lowest BCUT2D eigenvalue weighted by Crippen LogP contribution is -2.39. The molecule has 144 valence electrons. The first kappa shape index (κ1) is 17.5. The van der Waals surface area contributed by atoms with Crippen LogP contribution in [0.5, 0.6) is 11.5 Å². The topological polar surface area (TPSA) is 59.0 Å². The molecule has 1 atom stereocenters. The minimum Gasteiger partial charge on any atom is -0.504 e.